The van der Waals surface area contributed by atoms with Crippen molar-refractivity contribution >= 4 is 65.6 Å². The van der Waals surface area contributed by atoms with Gasteiger partial charge in [0.15, 0.2) is 0 Å². The molecule has 4 bridgehead atoms. The van der Waals surface area contributed by atoms with Crippen LogP contribution in [0.2, 0.25) is 0 Å². The van der Waals surface area contributed by atoms with E-state index in [2.05, 4.69) is 186 Å². The molecule has 8 aromatic rings. The van der Waals surface area contributed by atoms with E-state index in [0.717, 1.165) is 46.2 Å². The van der Waals surface area contributed by atoms with Crippen molar-refractivity contribution in [1.82, 2.24) is 0 Å². The number of fused-ring (bicyclic) bond motifs is 3. The number of hydrogen-bond acceptors (Lipinski definition) is 3. The van der Waals surface area contributed by atoms with Gasteiger partial charge in [0.05, 0.1) is 0 Å². The van der Waals surface area contributed by atoms with Crippen molar-refractivity contribution < 1.29 is 0 Å². The molecule has 1 aromatic heterocycles. The highest BCUT2D eigenvalue weighted by Crippen LogP contribution is 2.61. The number of rotatable bonds is 8. The number of hydrogen-bond donors (Lipinski definition) is 0. The molecule has 4 fully saturated rings. The third-order valence-electron chi connectivity index (χ3n) is 13.0. The van der Waals surface area contributed by atoms with E-state index in [1.165, 1.54) is 75.5 Å². The number of benzene rings is 7. The van der Waals surface area contributed by atoms with Crippen molar-refractivity contribution in [2.75, 3.05) is 9.80 Å². The molecule has 268 valence electrons. The predicted molar refractivity (Wildman–Crippen MR) is 234 cm³/mol. The lowest BCUT2D eigenvalue weighted by Crippen LogP contribution is -2.48. The quantitative estimate of drug-likeness (QED) is 0.154. The van der Waals surface area contributed by atoms with E-state index in [9.17, 15) is 0 Å². The standard InChI is InChI=1S/C52H44N2S/c1-3-10-39(11-4-1)40-18-22-43(23-19-40)53(44-24-20-41(21-25-44)52-33-36-28-37(34-52)30-38(29-36)35-52)45-14-9-15-46(31-45)54(42-12-5-2-6-13-42)47-26-27-51-49(32-47)48-16-7-8-17-50(48)55-51/h1-27,31-32,36-38H,28-30,33-35H2. The third kappa shape index (κ3) is 5.84. The van der Waals surface area contributed by atoms with Gasteiger partial charge in [-0.2, -0.15) is 0 Å². The SMILES string of the molecule is c1ccc(-c2ccc(N(c3ccc(C45CC6CC(CC(C6)C4)C5)cc3)c3cccc(N(c4ccccc4)c4ccc5sc6ccccc6c5c4)c3)cc2)cc1. The molecule has 4 aliphatic carbocycles. The normalized spacial score (nSPS) is 21.3. The first kappa shape index (κ1) is 32.8. The molecule has 3 heteroatoms. The van der Waals surface area contributed by atoms with E-state index >= 15 is 0 Å². The van der Waals surface area contributed by atoms with Gasteiger partial charge in [0.25, 0.3) is 0 Å². The first-order valence-corrected chi connectivity index (χ1v) is 20.9. The van der Waals surface area contributed by atoms with Crippen molar-refractivity contribution in [1.29, 1.82) is 0 Å². The fourth-order valence-corrected chi connectivity index (χ4v) is 12.0. The minimum Gasteiger partial charge on any atom is -0.310 e. The zero-order valence-electron chi connectivity index (χ0n) is 31.0. The fourth-order valence-electron chi connectivity index (χ4n) is 11.0. The van der Waals surface area contributed by atoms with Gasteiger partial charge in [0, 0.05) is 54.3 Å². The summed E-state index contributed by atoms with van der Waals surface area (Å²) in [6.45, 7) is 0. The molecule has 2 nitrogen and oxygen atoms in total. The number of anilines is 6. The predicted octanol–water partition coefficient (Wildman–Crippen LogP) is 15.1. The summed E-state index contributed by atoms with van der Waals surface area (Å²) in [6.07, 6.45) is 8.56. The molecule has 0 spiro atoms. The Bertz CT molecular complexity index is 2590. The molecule has 0 aliphatic heterocycles. The van der Waals surface area contributed by atoms with Crippen LogP contribution in [-0.2, 0) is 5.41 Å². The highest BCUT2D eigenvalue weighted by molar-refractivity contribution is 7.25. The fraction of sp³-hybridized carbons (Fsp3) is 0.192. The summed E-state index contributed by atoms with van der Waals surface area (Å²) in [5, 5.41) is 2.61. The molecule has 7 aromatic carbocycles. The Labute approximate surface area is 328 Å². The Kier molecular flexibility index (Phi) is 7.91. The van der Waals surface area contributed by atoms with Crippen LogP contribution in [0.5, 0.6) is 0 Å². The van der Waals surface area contributed by atoms with Crippen LogP contribution in [0.1, 0.15) is 44.1 Å². The average molecular weight is 729 g/mol. The van der Waals surface area contributed by atoms with Crippen LogP contribution in [-0.4, -0.2) is 0 Å². The van der Waals surface area contributed by atoms with Gasteiger partial charge in [-0.05, 0) is 157 Å². The zero-order valence-corrected chi connectivity index (χ0v) is 31.8. The third-order valence-corrected chi connectivity index (χ3v) is 14.1. The van der Waals surface area contributed by atoms with Crippen LogP contribution < -0.4 is 9.80 Å². The van der Waals surface area contributed by atoms with Crippen LogP contribution in [0.25, 0.3) is 31.3 Å². The Morgan fingerprint density at radius 1 is 0.382 bits per heavy atom. The molecule has 0 unspecified atom stereocenters. The molecule has 12 rings (SSSR count). The summed E-state index contributed by atoms with van der Waals surface area (Å²) >= 11 is 1.87. The monoisotopic (exact) mass is 728 g/mol. The van der Waals surface area contributed by atoms with Gasteiger partial charge in [0.2, 0.25) is 0 Å². The molecule has 55 heavy (non-hydrogen) atoms. The molecule has 4 aliphatic rings. The average Bonchev–Trinajstić information content (AvgIpc) is 3.60. The molecule has 1 heterocycles. The molecular weight excluding hydrogens is 685 g/mol. The van der Waals surface area contributed by atoms with Crippen LogP contribution in [0.15, 0.2) is 176 Å². The van der Waals surface area contributed by atoms with Gasteiger partial charge in [-0.1, -0.05) is 97.1 Å². The summed E-state index contributed by atoms with van der Waals surface area (Å²) in [4.78, 5) is 4.85. The molecule has 0 amide bonds. The first-order valence-electron chi connectivity index (χ1n) is 20.1. The number of thiophene rings is 1. The van der Waals surface area contributed by atoms with Gasteiger partial charge in [0.1, 0.15) is 0 Å². The number of nitrogens with zero attached hydrogens (tertiary/aromatic N) is 2. The Balaban J connectivity index is 1.02. The number of para-hydroxylation sites is 1. The van der Waals surface area contributed by atoms with E-state index in [4.69, 9.17) is 0 Å². The van der Waals surface area contributed by atoms with Gasteiger partial charge in [-0.3, -0.25) is 0 Å². The lowest BCUT2D eigenvalue weighted by Gasteiger charge is -2.57. The van der Waals surface area contributed by atoms with Crippen molar-refractivity contribution in [3.05, 3.63) is 181 Å². The Morgan fingerprint density at radius 2 is 0.855 bits per heavy atom. The van der Waals surface area contributed by atoms with E-state index in [1.807, 2.05) is 11.3 Å². The van der Waals surface area contributed by atoms with Gasteiger partial charge < -0.3 is 9.80 Å². The molecule has 0 radical (unpaired) electrons. The molecule has 0 N–H and O–H groups in total. The summed E-state index contributed by atoms with van der Waals surface area (Å²) in [5.74, 6) is 2.79. The minimum absolute atomic E-state index is 0.375. The molecule has 0 atom stereocenters. The summed E-state index contributed by atoms with van der Waals surface area (Å²) in [6, 6.07) is 65.1. The molecule has 4 saturated carbocycles. The first-order chi connectivity index (χ1) is 27.2. The summed E-state index contributed by atoms with van der Waals surface area (Å²) < 4.78 is 2.64. The topological polar surface area (TPSA) is 6.48 Å². The molecule has 0 saturated heterocycles. The van der Waals surface area contributed by atoms with Crippen LogP contribution >= 0.6 is 11.3 Å². The maximum absolute atomic E-state index is 2.48. The smallest absolute Gasteiger partial charge is 0.0482 e. The van der Waals surface area contributed by atoms with E-state index in [-0.39, 0.29) is 0 Å². The van der Waals surface area contributed by atoms with Crippen LogP contribution in [0, 0.1) is 17.8 Å². The zero-order chi connectivity index (χ0) is 36.3. The second-order valence-corrected chi connectivity index (χ2v) is 17.5. The Morgan fingerprint density at radius 3 is 1.53 bits per heavy atom. The van der Waals surface area contributed by atoms with E-state index < -0.39 is 0 Å². The largest absolute Gasteiger partial charge is 0.310 e. The van der Waals surface area contributed by atoms with Gasteiger partial charge in [-0.25, -0.2) is 0 Å². The van der Waals surface area contributed by atoms with E-state index in [0.29, 0.717) is 5.41 Å². The lowest BCUT2D eigenvalue weighted by molar-refractivity contribution is -0.00518. The van der Waals surface area contributed by atoms with Crippen LogP contribution in [0.3, 0.4) is 0 Å². The second-order valence-electron chi connectivity index (χ2n) is 16.5. The lowest BCUT2D eigenvalue weighted by atomic mass is 9.48. The molecular formula is C52H44N2S. The second kappa shape index (κ2) is 13.3. The summed E-state index contributed by atoms with van der Waals surface area (Å²) in [7, 11) is 0. The highest BCUT2D eigenvalue weighted by Gasteiger charge is 2.51. The maximum atomic E-state index is 2.48. The van der Waals surface area contributed by atoms with Crippen molar-refractivity contribution in [3.63, 3.8) is 0 Å². The Hall–Kier alpha value is -5.64. The maximum Gasteiger partial charge on any atom is 0.0482 e. The van der Waals surface area contributed by atoms with Gasteiger partial charge in [-0.15, -0.1) is 11.3 Å². The van der Waals surface area contributed by atoms with Crippen LogP contribution in [0.4, 0.5) is 34.1 Å². The summed E-state index contributed by atoms with van der Waals surface area (Å²) in [5.41, 5.74) is 11.3. The minimum atomic E-state index is 0.375. The van der Waals surface area contributed by atoms with Gasteiger partial charge >= 0.3 is 0 Å². The van der Waals surface area contributed by atoms with Crippen molar-refractivity contribution in [3.8, 4) is 11.1 Å². The van der Waals surface area contributed by atoms with Crippen molar-refractivity contribution in [2.24, 2.45) is 17.8 Å². The highest BCUT2D eigenvalue weighted by atomic mass is 32.1. The van der Waals surface area contributed by atoms with E-state index in [1.54, 1.807) is 5.56 Å². The van der Waals surface area contributed by atoms with Crippen molar-refractivity contribution in [2.45, 2.75) is 43.9 Å².